The molecule has 0 spiro atoms. The van der Waals surface area contributed by atoms with Gasteiger partial charge in [-0.15, -0.1) is 0 Å². The van der Waals surface area contributed by atoms with Crippen molar-refractivity contribution in [2.75, 3.05) is 19.6 Å². The van der Waals surface area contributed by atoms with E-state index in [2.05, 4.69) is 9.88 Å². The first-order valence-electron chi connectivity index (χ1n) is 11.8. The van der Waals surface area contributed by atoms with Crippen molar-refractivity contribution >= 4 is 0 Å². The van der Waals surface area contributed by atoms with Gasteiger partial charge >= 0.3 is 0 Å². The fourth-order valence-electron chi connectivity index (χ4n) is 5.13. The molecule has 0 bridgehead atoms. The first kappa shape index (κ1) is 23.1. The van der Waals surface area contributed by atoms with Gasteiger partial charge in [-0.2, -0.15) is 0 Å². The Labute approximate surface area is 188 Å². The molecule has 1 aromatic carbocycles. The minimum Gasteiger partial charge on any atom is -0.388 e. The number of aromatic nitrogens is 2. The molecule has 32 heavy (non-hydrogen) atoms. The Morgan fingerprint density at radius 3 is 2.56 bits per heavy atom. The molecule has 1 aliphatic heterocycles. The molecule has 0 amide bonds. The lowest BCUT2D eigenvalue weighted by Crippen LogP contribution is -2.49. The molecular weight excluding hydrogens is 412 g/mol. The van der Waals surface area contributed by atoms with E-state index in [4.69, 9.17) is 0 Å². The lowest BCUT2D eigenvalue weighted by atomic mass is 9.85. The molecule has 174 valence electrons. The molecule has 4 rings (SSSR count). The second kappa shape index (κ2) is 10.2. The Morgan fingerprint density at radius 1 is 1.16 bits per heavy atom. The van der Waals surface area contributed by atoms with Gasteiger partial charge in [0, 0.05) is 31.3 Å². The van der Waals surface area contributed by atoms with E-state index in [0.717, 1.165) is 12.8 Å². The molecule has 2 fully saturated rings. The Hall–Kier alpha value is -2.12. The van der Waals surface area contributed by atoms with Crippen molar-refractivity contribution in [1.29, 1.82) is 0 Å². The average molecular weight is 446 g/mol. The number of likely N-dealkylation sites (tertiary alicyclic amines) is 1. The normalized spacial score (nSPS) is 20.8. The number of aliphatic hydroxyl groups is 1. The molecule has 2 heterocycles. The lowest BCUT2D eigenvalue weighted by molar-refractivity contribution is -0.0393. The summed E-state index contributed by atoms with van der Waals surface area (Å²) >= 11 is 0. The molecule has 7 heteroatoms. The Balaban J connectivity index is 1.31. The molecule has 2 aliphatic rings. The van der Waals surface area contributed by atoms with Crippen LogP contribution in [0, 0.1) is 11.7 Å². The van der Waals surface area contributed by atoms with Crippen LogP contribution in [-0.2, 0) is 6.54 Å². The van der Waals surface area contributed by atoms with E-state index in [9.17, 15) is 18.7 Å². The van der Waals surface area contributed by atoms with Crippen LogP contribution in [0.15, 0.2) is 41.5 Å². The molecule has 1 N–H and O–H groups in total. The van der Waals surface area contributed by atoms with Crippen molar-refractivity contribution in [1.82, 2.24) is 14.5 Å². The summed E-state index contributed by atoms with van der Waals surface area (Å²) in [5.74, 6) is 0.0879. The van der Waals surface area contributed by atoms with Crippen molar-refractivity contribution in [3.63, 3.8) is 0 Å². The van der Waals surface area contributed by atoms with E-state index in [1.165, 1.54) is 42.3 Å². The Bertz CT molecular complexity index is 950. The van der Waals surface area contributed by atoms with Crippen LogP contribution in [0.25, 0.3) is 11.3 Å². The van der Waals surface area contributed by atoms with Gasteiger partial charge in [0.1, 0.15) is 12.0 Å². The number of piperidine rings is 1. The third-order valence-corrected chi connectivity index (χ3v) is 7.05. The summed E-state index contributed by atoms with van der Waals surface area (Å²) in [6.45, 7) is 1.77. The van der Waals surface area contributed by atoms with Crippen LogP contribution in [0.5, 0.6) is 0 Å². The second-order valence-electron chi connectivity index (χ2n) is 9.58. The van der Waals surface area contributed by atoms with Crippen LogP contribution in [0.3, 0.4) is 0 Å². The van der Waals surface area contributed by atoms with Gasteiger partial charge in [-0.25, -0.2) is 13.8 Å². The van der Waals surface area contributed by atoms with Gasteiger partial charge in [-0.3, -0.25) is 9.36 Å². The predicted molar refractivity (Wildman–Crippen MR) is 121 cm³/mol. The summed E-state index contributed by atoms with van der Waals surface area (Å²) in [5.41, 5.74) is -0.808. The van der Waals surface area contributed by atoms with Gasteiger partial charge in [-0.05, 0) is 37.3 Å². The quantitative estimate of drug-likeness (QED) is 0.695. The van der Waals surface area contributed by atoms with Gasteiger partial charge in [0.05, 0.1) is 24.2 Å². The molecule has 0 radical (unpaired) electrons. The number of hydrogen-bond acceptors (Lipinski definition) is 4. The Morgan fingerprint density at radius 2 is 1.88 bits per heavy atom. The van der Waals surface area contributed by atoms with Crippen LogP contribution in [0.1, 0.15) is 51.4 Å². The number of halogens is 2. The van der Waals surface area contributed by atoms with Gasteiger partial charge in [-0.1, -0.05) is 44.2 Å². The van der Waals surface area contributed by atoms with Crippen LogP contribution < -0.4 is 5.56 Å². The maximum absolute atomic E-state index is 14.6. The average Bonchev–Trinajstić information content (AvgIpc) is 2.78. The minimum atomic E-state index is -1.03. The number of alkyl halides is 1. The summed E-state index contributed by atoms with van der Waals surface area (Å²) in [6, 6.07) is 7.49. The number of nitrogens with zero attached hydrogens (tertiary/aromatic N) is 3. The van der Waals surface area contributed by atoms with E-state index in [1.54, 1.807) is 18.2 Å². The molecular formula is C25H33F2N3O2. The molecule has 2 aromatic rings. The van der Waals surface area contributed by atoms with Crippen LogP contribution in [0.4, 0.5) is 8.78 Å². The summed E-state index contributed by atoms with van der Waals surface area (Å²) in [6.07, 6.45) is 8.19. The van der Waals surface area contributed by atoms with Crippen LogP contribution in [-0.4, -0.2) is 51.0 Å². The van der Waals surface area contributed by atoms with E-state index in [1.807, 2.05) is 0 Å². The molecule has 1 aromatic heterocycles. The zero-order valence-corrected chi connectivity index (χ0v) is 18.6. The lowest BCUT2D eigenvalue weighted by Gasteiger charge is -2.39. The first-order valence-corrected chi connectivity index (χ1v) is 11.8. The third-order valence-electron chi connectivity index (χ3n) is 7.05. The zero-order chi connectivity index (χ0) is 22.6. The molecule has 1 unspecified atom stereocenters. The topological polar surface area (TPSA) is 58.4 Å². The Kier molecular flexibility index (Phi) is 7.36. The van der Waals surface area contributed by atoms with Crippen molar-refractivity contribution in [3.05, 3.63) is 52.8 Å². The molecule has 1 saturated heterocycles. The summed E-state index contributed by atoms with van der Waals surface area (Å²) in [7, 11) is 0. The standard InChI is InChI=1S/C25H33F2N3O2/c26-20(14-19-6-2-1-3-7-19)16-29-12-10-25(32,11-13-29)17-30-18-28-23(15-24(30)31)21-8-4-5-9-22(21)27/h4-5,8-9,15,18-20,32H,1-3,6-7,10-14,16-17H2. The van der Waals surface area contributed by atoms with E-state index >= 15 is 0 Å². The molecule has 1 atom stereocenters. The summed E-state index contributed by atoms with van der Waals surface area (Å²) < 4.78 is 29.9. The van der Waals surface area contributed by atoms with Crippen molar-refractivity contribution in [3.8, 4) is 11.3 Å². The maximum Gasteiger partial charge on any atom is 0.253 e. The highest BCUT2D eigenvalue weighted by Gasteiger charge is 2.34. The SMILES string of the molecule is O=c1cc(-c2ccccc2F)ncn1CC1(O)CCN(CC(F)CC2CCCCC2)CC1. The number of benzene rings is 1. The van der Waals surface area contributed by atoms with Crippen molar-refractivity contribution in [2.45, 2.75) is 69.7 Å². The fourth-order valence-corrected chi connectivity index (χ4v) is 5.13. The first-order chi connectivity index (χ1) is 15.4. The number of rotatable bonds is 7. The van der Waals surface area contributed by atoms with Crippen LogP contribution >= 0.6 is 0 Å². The van der Waals surface area contributed by atoms with Gasteiger partial charge in [0.15, 0.2) is 0 Å². The molecule has 1 aliphatic carbocycles. The fraction of sp³-hybridized carbons (Fsp3) is 0.600. The molecule has 1 saturated carbocycles. The highest BCUT2D eigenvalue weighted by Crippen LogP contribution is 2.29. The summed E-state index contributed by atoms with van der Waals surface area (Å²) in [4.78, 5) is 18.9. The predicted octanol–water partition coefficient (Wildman–Crippen LogP) is 4.18. The van der Waals surface area contributed by atoms with Gasteiger partial charge in [0.2, 0.25) is 0 Å². The monoisotopic (exact) mass is 445 g/mol. The van der Waals surface area contributed by atoms with Crippen LogP contribution in [0.2, 0.25) is 0 Å². The largest absolute Gasteiger partial charge is 0.388 e. The van der Waals surface area contributed by atoms with E-state index in [-0.39, 0.29) is 23.4 Å². The minimum absolute atomic E-state index is 0.130. The number of hydrogen-bond donors (Lipinski definition) is 1. The van der Waals surface area contributed by atoms with E-state index < -0.39 is 17.6 Å². The third kappa shape index (κ3) is 5.81. The zero-order valence-electron chi connectivity index (χ0n) is 18.6. The second-order valence-corrected chi connectivity index (χ2v) is 9.58. The van der Waals surface area contributed by atoms with Gasteiger partial charge in [0.25, 0.3) is 5.56 Å². The molecule has 5 nitrogen and oxygen atoms in total. The highest BCUT2D eigenvalue weighted by molar-refractivity contribution is 5.58. The maximum atomic E-state index is 14.6. The van der Waals surface area contributed by atoms with Crippen molar-refractivity contribution < 1.29 is 13.9 Å². The summed E-state index contributed by atoms with van der Waals surface area (Å²) in [5, 5.41) is 11.0. The van der Waals surface area contributed by atoms with Crippen molar-refractivity contribution in [2.24, 2.45) is 5.92 Å². The smallest absolute Gasteiger partial charge is 0.253 e. The highest BCUT2D eigenvalue weighted by atomic mass is 19.1. The van der Waals surface area contributed by atoms with Gasteiger partial charge < -0.3 is 10.0 Å². The van der Waals surface area contributed by atoms with E-state index in [0.29, 0.717) is 44.8 Å².